The van der Waals surface area contributed by atoms with Gasteiger partial charge in [0.15, 0.2) is 5.11 Å². The Morgan fingerprint density at radius 2 is 1.90 bits per heavy atom. The molecule has 6 rings (SSSR count). The molecule has 7 heteroatoms. The smallest absolute Gasteiger partial charge is 0.173 e. The number of anilines is 1. The number of rotatable bonds is 4. The molecule has 3 heterocycles. The lowest BCUT2D eigenvalue weighted by Gasteiger charge is -2.50. The van der Waals surface area contributed by atoms with Gasteiger partial charge in [-0.2, -0.15) is 5.26 Å². The first-order valence-corrected chi connectivity index (χ1v) is 14.0. The fourth-order valence-corrected chi connectivity index (χ4v) is 6.74. The van der Waals surface area contributed by atoms with Crippen LogP contribution in [0.2, 0.25) is 0 Å². The fraction of sp³-hybridized carbons (Fsp3) is 0.312. The number of fused-ring (bicyclic) bond motifs is 5. The number of nitrogens with one attached hydrogen (secondary N) is 2. The van der Waals surface area contributed by atoms with E-state index in [2.05, 4.69) is 74.7 Å². The molecular formula is C32H33N5OS. The Morgan fingerprint density at radius 1 is 1.13 bits per heavy atom. The van der Waals surface area contributed by atoms with Gasteiger partial charge in [0.05, 0.1) is 29.3 Å². The normalized spacial score (nSPS) is 21.4. The van der Waals surface area contributed by atoms with Crippen LogP contribution in [0.4, 0.5) is 5.69 Å². The number of hydrogen-bond donors (Lipinski definition) is 3. The van der Waals surface area contributed by atoms with E-state index in [9.17, 15) is 5.11 Å². The molecule has 2 aliphatic heterocycles. The predicted octanol–water partition coefficient (Wildman–Crippen LogP) is 5.70. The van der Waals surface area contributed by atoms with Crippen LogP contribution in [0.3, 0.4) is 0 Å². The van der Waals surface area contributed by atoms with Gasteiger partial charge in [-0.3, -0.25) is 4.90 Å². The molecule has 4 atom stereocenters. The van der Waals surface area contributed by atoms with E-state index in [0.29, 0.717) is 10.7 Å². The Hall–Kier alpha value is -3.70. The number of hydrogen-bond acceptors (Lipinski definition) is 4. The van der Waals surface area contributed by atoms with Gasteiger partial charge in [0.1, 0.15) is 0 Å². The third kappa shape index (κ3) is 4.70. The van der Waals surface area contributed by atoms with E-state index in [1.807, 2.05) is 26.1 Å². The number of piperidine rings is 1. The molecule has 0 aliphatic carbocycles. The number of aliphatic hydroxyl groups excluding tert-OH is 1. The molecule has 39 heavy (non-hydrogen) atoms. The molecule has 0 saturated carbocycles. The van der Waals surface area contributed by atoms with E-state index in [4.69, 9.17) is 17.5 Å². The summed E-state index contributed by atoms with van der Waals surface area (Å²) in [7, 11) is 2.02. The number of nitrogens with zero attached hydrogens (tertiary/aromatic N) is 3. The number of para-hydroxylation sites is 1. The van der Waals surface area contributed by atoms with Crippen molar-refractivity contribution >= 4 is 33.9 Å². The van der Waals surface area contributed by atoms with E-state index in [-0.39, 0.29) is 18.0 Å². The Kier molecular flexibility index (Phi) is 6.86. The van der Waals surface area contributed by atoms with Crippen molar-refractivity contribution in [3.63, 3.8) is 0 Å². The average molecular weight is 536 g/mol. The maximum atomic E-state index is 10.8. The lowest BCUT2D eigenvalue weighted by molar-refractivity contribution is -0.0131. The third-order valence-electron chi connectivity index (χ3n) is 8.59. The standard InChI is InChI=1S/C32H33N5OS/c1-20(38)27-19-37-16-15-26-25-10-6-9-24(22-7-4-3-5-8-22)30(25)35-31(26)29(37)17-28(27)36(2)32(39)34-23-13-11-21(18-33)12-14-23/h3-14,20,27-29,35,38H,15-17,19H2,1-2H3,(H,34,39)/t20-,27-,28-,29-/m0/s1. The van der Waals surface area contributed by atoms with Crippen LogP contribution in [0.5, 0.6) is 0 Å². The molecule has 3 aromatic carbocycles. The van der Waals surface area contributed by atoms with E-state index >= 15 is 0 Å². The number of aromatic nitrogens is 1. The van der Waals surface area contributed by atoms with Gasteiger partial charge in [-0.05, 0) is 67.4 Å². The second kappa shape index (κ2) is 10.5. The van der Waals surface area contributed by atoms with E-state index in [1.54, 1.807) is 12.1 Å². The summed E-state index contributed by atoms with van der Waals surface area (Å²) in [5.41, 5.74) is 7.83. The summed E-state index contributed by atoms with van der Waals surface area (Å²) < 4.78 is 0. The molecule has 0 amide bonds. The van der Waals surface area contributed by atoms with E-state index in [0.717, 1.165) is 31.6 Å². The molecule has 0 radical (unpaired) electrons. The van der Waals surface area contributed by atoms with Crippen molar-refractivity contribution < 1.29 is 5.11 Å². The van der Waals surface area contributed by atoms with Crippen molar-refractivity contribution in [2.75, 3.05) is 25.5 Å². The molecular weight excluding hydrogens is 502 g/mol. The van der Waals surface area contributed by atoms with Crippen molar-refractivity contribution in [2.45, 2.75) is 38.0 Å². The molecule has 2 aliphatic rings. The van der Waals surface area contributed by atoms with Gasteiger partial charge in [-0.15, -0.1) is 0 Å². The first kappa shape index (κ1) is 25.6. The van der Waals surface area contributed by atoms with Crippen LogP contribution >= 0.6 is 12.2 Å². The molecule has 6 nitrogen and oxygen atoms in total. The lowest BCUT2D eigenvalue weighted by Crippen LogP contribution is -2.57. The summed E-state index contributed by atoms with van der Waals surface area (Å²) in [6.07, 6.45) is 1.40. The second-order valence-electron chi connectivity index (χ2n) is 10.8. The highest BCUT2D eigenvalue weighted by Gasteiger charge is 2.43. The predicted molar refractivity (Wildman–Crippen MR) is 160 cm³/mol. The van der Waals surface area contributed by atoms with Gasteiger partial charge in [-0.25, -0.2) is 0 Å². The van der Waals surface area contributed by atoms with Gasteiger partial charge < -0.3 is 20.3 Å². The minimum atomic E-state index is -0.454. The van der Waals surface area contributed by atoms with Gasteiger partial charge in [0.25, 0.3) is 0 Å². The molecule has 1 fully saturated rings. The minimum absolute atomic E-state index is 0.0654. The highest BCUT2D eigenvalue weighted by Crippen LogP contribution is 2.44. The van der Waals surface area contributed by atoms with Crippen LogP contribution in [0.15, 0.2) is 72.8 Å². The summed E-state index contributed by atoms with van der Waals surface area (Å²) in [5, 5.41) is 25.2. The molecule has 3 N–H and O–H groups in total. The number of aliphatic hydroxyl groups is 1. The Balaban J connectivity index is 1.31. The summed E-state index contributed by atoms with van der Waals surface area (Å²) in [6, 6.07) is 26.9. The zero-order valence-corrected chi connectivity index (χ0v) is 23.1. The van der Waals surface area contributed by atoms with Gasteiger partial charge in [0, 0.05) is 54.4 Å². The lowest BCUT2D eigenvalue weighted by atomic mass is 9.80. The molecule has 0 bridgehead atoms. The highest BCUT2D eigenvalue weighted by atomic mass is 32.1. The van der Waals surface area contributed by atoms with Crippen LogP contribution in [0, 0.1) is 17.2 Å². The van der Waals surface area contributed by atoms with E-state index < -0.39 is 6.10 Å². The topological polar surface area (TPSA) is 78.3 Å². The maximum absolute atomic E-state index is 10.8. The van der Waals surface area contributed by atoms with Crippen molar-refractivity contribution in [1.82, 2.24) is 14.8 Å². The molecule has 1 saturated heterocycles. The number of benzene rings is 3. The first-order chi connectivity index (χ1) is 18.9. The molecule has 1 aromatic heterocycles. The molecule has 4 aromatic rings. The number of nitriles is 1. The zero-order chi connectivity index (χ0) is 27.1. The average Bonchev–Trinajstić information content (AvgIpc) is 3.36. The molecule has 0 unspecified atom stereocenters. The third-order valence-corrected chi connectivity index (χ3v) is 8.98. The van der Waals surface area contributed by atoms with Gasteiger partial charge in [0.2, 0.25) is 0 Å². The van der Waals surface area contributed by atoms with Gasteiger partial charge >= 0.3 is 0 Å². The monoisotopic (exact) mass is 535 g/mol. The summed E-state index contributed by atoms with van der Waals surface area (Å²) in [6.45, 7) is 3.69. The Morgan fingerprint density at radius 3 is 2.62 bits per heavy atom. The summed E-state index contributed by atoms with van der Waals surface area (Å²) in [4.78, 5) is 8.53. The first-order valence-electron chi connectivity index (χ1n) is 13.6. The quantitative estimate of drug-likeness (QED) is 0.291. The number of aromatic amines is 1. The van der Waals surface area contributed by atoms with Crippen LogP contribution in [-0.2, 0) is 6.42 Å². The molecule has 0 spiro atoms. The van der Waals surface area contributed by atoms with Crippen LogP contribution in [-0.4, -0.2) is 57.3 Å². The van der Waals surface area contributed by atoms with Crippen molar-refractivity contribution in [2.24, 2.45) is 5.92 Å². The minimum Gasteiger partial charge on any atom is -0.393 e. The number of thiocarbonyl (C=S) groups is 1. The Labute approximate surface area is 234 Å². The highest BCUT2D eigenvalue weighted by molar-refractivity contribution is 7.80. The van der Waals surface area contributed by atoms with Crippen LogP contribution in [0.1, 0.15) is 36.2 Å². The Bertz CT molecular complexity index is 1540. The maximum Gasteiger partial charge on any atom is 0.173 e. The SMILES string of the molecule is C[C@H](O)[C@@H]1CN2CCc3c([nH]c4c(-c5ccccc5)cccc34)[C@@H]2C[C@@H]1N(C)C(=S)Nc1ccc(C#N)cc1. The summed E-state index contributed by atoms with van der Waals surface area (Å²) in [5.74, 6) is 0.0674. The molecule has 198 valence electrons. The van der Waals surface area contributed by atoms with Crippen LogP contribution in [0.25, 0.3) is 22.0 Å². The second-order valence-corrected chi connectivity index (χ2v) is 11.2. The van der Waals surface area contributed by atoms with Crippen molar-refractivity contribution in [3.05, 3.63) is 89.6 Å². The number of H-pyrrole nitrogens is 1. The fourth-order valence-electron chi connectivity index (χ4n) is 6.49. The zero-order valence-electron chi connectivity index (χ0n) is 22.3. The van der Waals surface area contributed by atoms with Crippen LogP contribution < -0.4 is 5.32 Å². The van der Waals surface area contributed by atoms with E-state index in [1.165, 1.54) is 33.3 Å². The summed E-state index contributed by atoms with van der Waals surface area (Å²) >= 11 is 5.84. The van der Waals surface area contributed by atoms with Crippen molar-refractivity contribution in [1.29, 1.82) is 5.26 Å². The van der Waals surface area contributed by atoms with Crippen molar-refractivity contribution in [3.8, 4) is 17.2 Å². The largest absolute Gasteiger partial charge is 0.393 e. The van der Waals surface area contributed by atoms with Gasteiger partial charge in [-0.1, -0.05) is 48.5 Å².